The van der Waals surface area contributed by atoms with Gasteiger partial charge in [0.25, 0.3) is 0 Å². The predicted octanol–water partition coefficient (Wildman–Crippen LogP) is 3.52. The number of carbonyl (C=O) groups is 2. The largest absolute Gasteiger partial charge is 0.416 e. The summed E-state index contributed by atoms with van der Waals surface area (Å²) in [4.78, 5) is 26.3. The lowest BCUT2D eigenvalue weighted by Crippen LogP contribution is -2.32. The summed E-state index contributed by atoms with van der Waals surface area (Å²) in [5.74, 6) is -1.02. The molecule has 1 aliphatic rings. The molecule has 0 aromatic heterocycles. The molecular formula is C22H23F3N2O3. The van der Waals surface area contributed by atoms with Crippen LogP contribution in [-0.4, -0.2) is 30.4 Å². The van der Waals surface area contributed by atoms with Crippen LogP contribution in [0, 0.1) is 5.92 Å². The Morgan fingerprint density at radius 1 is 1.17 bits per heavy atom. The number of benzene rings is 2. The summed E-state index contributed by atoms with van der Waals surface area (Å²) in [6, 6.07) is 12.5. The van der Waals surface area contributed by atoms with E-state index in [1.54, 1.807) is 13.2 Å². The van der Waals surface area contributed by atoms with E-state index in [0.717, 1.165) is 23.3 Å². The van der Waals surface area contributed by atoms with Crippen molar-refractivity contribution < 1.29 is 27.5 Å². The van der Waals surface area contributed by atoms with Crippen molar-refractivity contribution in [3.05, 3.63) is 70.8 Å². The van der Waals surface area contributed by atoms with Crippen molar-refractivity contribution in [3.8, 4) is 0 Å². The third-order valence-corrected chi connectivity index (χ3v) is 5.08. The van der Waals surface area contributed by atoms with Crippen LogP contribution in [0.15, 0.2) is 48.5 Å². The Balaban J connectivity index is 1.58. The van der Waals surface area contributed by atoms with E-state index in [0.29, 0.717) is 18.7 Å². The summed E-state index contributed by atoms with van der Waals surface area (Å²) in [6.45, 7) is 0.971. The van der Waals surface area contributed by atoms with Crippen LogP contribution < -0.4 is 5.32 Å². The van der Waals surface area contributed by atoms with Gasteiger partial charge >= 0.3 is 6.18 Å². The van der Waals surface area contributed by atoms with Gasteiger partial charge in [-0.15, -0.1) is 0 Å². The minimum Gasteiger partial charge on any atom is -0.380 e. The number of hydrogen-bond acceptors (Lipinski definition) is 3. The number of alkyl halides is 3. The summed E-state index contributed by atoms with van der Waals surface area (Å²) in [5.41, 5.74) is 1.52. The second kappa shape index (κ2) is 9.30. The highest BCUT2D eigenvalue weighted by molar-refractivity contribution is 5.89. The number of likely N-dealkylation sites (tertiary alicyclic amines) is 1. The van der Waals surface area contributed by atoms with Gasteiger partial charge in [-0.2, -0.15) is 13.2 Å². The minimum atomic E-state index is -4.44. The van der Waals surface area contributed by atoms with E-state index < -0.39 is 17.7 Å². The topological polar surface area (TPSA) is 58.6 Å². The number of halogens is 3. The van der Waals surface area contributed by atoms with Gasteiger partial charge in [-0.1, -0.05) is 36.4 Å². The Bertz CT molecular complexity index is 914. The van der Waals surface area contributed by atoms with Gasteiger partial charge in [0.2, 0.25) is 11.8 Å². The average molecular weight is 420 g/mol. The number of ether oxygens (including phenoxy) is 1. The second-order valence-corrected chi connectivity index (χ2v) is 7.29. The lowest BCUT2D eigenvalue weighted by molar-refractivity contribution is -0.137. The SMILES string of the molecule is COCc1ccccc1CNC(=O)[C@H]1CC(=O)N(Cc2cccc(C(F)(F)F)c2)C1. The van der Waals surface area contributed by atoms with Gasteiger partial charge in [-0.05, 0) is 28.8 Å². The van der Waals surface area contributed by atoms with Crippen LogP contribution in [0.1, 0.15) is 28.7 Å². The van der Waals surface area contributed by atoms with E-state index in [9.17, 15) is 22.8 Å². The third-order valence-electron chi connectivity index (χ3n) is 5.08. The molecule has 0 saturated carbocycles. The highest BCUT2D eigenvalue weighted by Crippen LogP contribution is 2.30. The van der Waals surface area contributed by atoms with Gasteiger partial charge in [-0.3, -0.25) is 9.59 Å². The van der Waals surface area contributed by atoms with Crippen LogP contribution in [-0.2, 0) is 40.2 Å². The normalized spacial score (nSPS) is 16.7. The number of rotatable bonds is 7. The predicted molar refractivity (Wildman–Crippen MR) is 104 cm³/mol. The Morgan fingerprint density at radius 3 is 2.60 bits per heavy atom. The van der Waals surface area contributed by atoms with Gasteiger partial charge in [0.05, 0.1) is 18.1 Å². The molecule has 1 atom stereocenters. The maximum atomic E-state index is 12.9. The molecule has 160 valence electrons. The molecule has 1 N–H and O–H groups in total. The first-order valence-corrected chi connectivity index (χ1v) is 9.55. The quantitative estimate of drug-likeness (QED) is 0.746. The van der Waals surface area contributed by atoms with Crippen LogP contribution in [0.4, 0.5) is 13.2 Å². The van der Waals surface area contributed by atoms with Gasteiger partial charge in [0.15, 0.2) is 0 Å². The molecule has 3 rings (SSSR count). The van der Waals surface area contributed by atoms with Crippen molar-refractivity contribution in [3.63, 3.8) is 0 Å². The summed E-state index contributed by atoms with van der Waals surface area (Å²) in [6.07, 6.45) is -4.39. The van der Waals surface area contributed by atoms with Crippen molar-refractivity contribution in [1.29, 1.82) is 0 Å². The number of methoxy groups -OCH3 is 1. The molecule has 30 heavy (non-hydrogen) atoms. The molecule has 2 amide bonds. The zero-order chi connectivity index (χ0) is 21.7. The molecule has 1 fully saturated rings. The Morgan fingerprint density at radius 2 is 1.90 bits per heavy atom. The fraction of sp³-hybridized carbons (Fsp3) is 0.364. The molecule has 0 spiro atoms. The lowest BCUT2D eigenvalue weighted by atomic mass is 10.1. The summed E-state index contributed by atoms with van der Waals surface area (Å²) in [5, 5.41) is 2.85. The van der Waals surface area contributed by atoms with Gasteiger partial charge in [0, 0.05) is 33.2 Å². The Kier molecular flexibility index (Phi) is 6.77. The number of nitrogens with one attached hydrogen (secondary N) is 1. The van der Waals surface area contributed by atoms with Crippen molar-refractivity contribution in [2.24, 2.45) is 5.92 Å². The molecule has 2 aromatic carbocycles. The highest BCUT2D eigenvalue weighted by Gasteiger charge is 2.35. The summed E-state index contributed by atoms with van der Waals surface area (Å²) < 4.78 is 43.8. The van der Waals surface area contributed by atoms with Gasteiger partial charge < -0.3 is 15.0 Å². The summed E-state index contributed by atoms with van der Waals surface area (Å²) >= 11 is 0. The maximum Gasteiger partial charge on any atom is 0.416 e. The van der Waals surface area contributed by atoms with E-state index in [1.165, 1.54) is 11.0 Å². The monoisotopic (exact) mass is 420 g/mol. The van der Waals surface area contributed by atoms with Crippen LogP contribution in [0.2, 0.25) is 0 Å². The van der Waals surface area contributed by atoms with E-state index in [4.69, 9.17) is 4.74 Å². The van der Waals surface area contributed by atoms with Crippen LogP contribution in [0.3, 0.4) is 0 Å². The highest BCUT2D eigenvalue weighted by atomic mass is 19.4. The smallest absolute Gasteiger partial charge is 0.380 e. The van der Waals surface area contributed by atoms with E-state index in [1.807, 2.05) is 24.3 Å². The number of amides is 2. The fourth-order valence-electron chi connectivity index (χ4n) is 3.52. The molecule has 0 unspecified atom stereocenters. The minimum absolute atomic E-state index is 0.0448. The van der Waals surface area contributed by atoms with Crippen LogP contribution >= 0.6 is 0 Å². The Labute approximate surface area is 172 Å². The van der Waals surface area contributed by atoms with Gasteiger partial charge in [0.1, 0.15) is 0 Å². The zero-order valence-corrected chi connectivity index (χ0v) is 16.5. The molecule has 0 aliphatic carbocycles. The first-order chi connectivity index (χ1) is 14.3. The molecule has 1 heterocycles. The Hall–Kier alpha value is -2.87. The number of hydrogen-bond donors (Lipinski definition) is 1. The van der Waals surface area contributed by atoms with Crippen molar-refractivity contribution in [2.45, 2.75) is 32.3 Å². The van der Waals surface area contributed by atoms with Crippen molar-refractivity contribution >= 4 is 11.8 Å². The zero-order valence-electron chi connectivity index (χ0n) is 16.5. The van der Waals surface area contributed by atoms with Crippen molar-refractivity contribution in [1.82, 2.24) is 10.2 Å². The lowest BCUT2D eigenvalue weighted by Gasteiger charge is -2.18. The average Bonchev–Trinajstić information content (AvgIpc) is 3.07. The van der Waals surface area contributed by atoms with E-state index >= 15 is 0 Å². The first-order valence-electron chi connectivity index (χ1n) is 9.55. The standard InChI is InChI=1S/C22H23F3N2O3/c1-30-14-17-7-3-2-6-16(17)11-26-21(29)18-10-20(28)27(13-18)12-15-5-4-8-19(9-15)22(23,24)25/h2-9,18H,10-14H2,1H3,(H,26,29)/t18-/m0/s1. The van der Waals surface area contributed by atoms with Gasteiger partial charge in [-0.25, -0.2) is 0 Å². The molecular weight excluding hydrogens is 397 g/mol. The first kappa shape index (κ1) is 21.8. The van der Waals surface area contributed by atoms with Crippen LogP contribution in [0.5, 0.6) is 0 Å². The molecule has 8 heteroatoms. The maximum absolute atomic E-state index is 12.9. The molecule has 1 saturated heterocycles. The molecule has 0 bridgehead atoms. The summed E-state index contributed by atoms with van der Waals surface area (Å²) in [7, 11) is 1.60. The fourth-order valence-corrected chi connectivity index (χ4v) is 3.52. The number of carbonyl (C=O) groups excluding carboxylic acids is 2. The van der Waals surface area contributed by atoms with E-state index in [2.05, 4.69) is 5.32 Å². The molecule has 0 radical (unpaired) electrons. The number of nitrogens with zero attached hydrogens (tertiary/aromatic N) is 1. The van der Waals surface area contributed by atoms with Crippen LogP contribution in [0.25, 0.3) is 0 Å². The van der Waals surface area contributed by atoms with Crippen molar-refractivity contribution in [2.75, 3.05) is 13.7 Å². The molecule has 1 aliphatic heterocycles. The molecule has 5 nitrogen and oxygen atoms in total. The second-order valence-electron chi connectivity index (χ2n) is 7.29. The molecule has 2 aromatic rings. The van der Waals surface area contributed by atoms with E-state index in [-0.39, 0.29) is 31.3 Å². The third kappa shape index (κ3) is 5.38.